The Kier molecular flexibility index (Phi) is 3.23. The largest absolute Gasteiger partial charge is 0.481 e. The summed E-state index contributed by atoms with van der Waals surface area (Å²) >= 11 is 0. The lowest BCUT2D eigenvalue weighted by molar-refractivity contribution is -0.190. The average molecular weight is 222 g/mol. The molecule has 0 bridgehead atoms. The second-order valence-corrected chi connectivity index (χ2v) is 2.88. The van der Waals surface area contributed by atoms with Crippen molar-refractivity contribution in [2.45, 2.75) is 6.18 Å². The molecule has 2 N–H and O–H groups in total. The molecule has 0 aliphatic carbocycles. The second-order valence-electron chi connectivity index (χ2n) is 2.88. The highest BCUT2D eigenvalue weighted by Gasteiger charge is 2.44. The SMILES string of the molecule is O=C(O)C(CNn1cccc1)C(F)(F)F. The monoisotopic (exact) mass is 222 g/mol. The third-order valence-corrected chi connectivity index (χ3v) is 1.78. The van der Waals surface area contributed by atoms with Crippen LogP contribution >= 0.6 is 0 Å². The van der Waals surface area contributed by atoms with Crippen LogP contribution in [0.5, 0.6) is 0 Å². The first kappa shape index (κ1) is 11.4. The van der Waals surface area contributed by atoms with E-state index < -0.39 is 24.6 Å². The summed E-state index contributed by atoms with van der Waals surface area (Å²) in [4.78, 5) is 10.3. The molecule has 1 heterocycles. The number of rotatable bonds is 4. The number of hydrogen-bond acceptors (Lipinski definition) is 2. The molecule has 0 fully saturated rings. The summed E-state index contributed by atoms with van der Waals surface area (Å²) in [6, 6.07) is 3.22. The van der Waals surface area contributed by atoms with Gasteiger partial charge in [0.2, 0.25) is 0 Å². The summed E-state index contributed by atoms with van der Waals surface area (Å²) < 4.78 is 37.8. The molecule has 15 heavy (non-hydrogen) atoms. The van der Waals surface area contributed by atoms with Gasteiger partial charge >= 0.3 is 12.1 Å². The number of carbonyl (C=O) groups is 1. The van der Waals surface area contributed by atoms with Gasteiger partial charge in [0, 0.05) is 12.4 Å². The molecule has 1 rings (SSSR count). The zero-order valence-corrected chi connectivity index (χ0v) is 7.53. The van der Waals surface area contributed by atoms with E-state index in [1.807, 2.05) is 0 Å². The van der Waals surface area contributed by atoms with E-state index in [1.165, 1.54) is 17.1 Å². The van der Waals surface area contributed by atoms with Crippen molar-refractivity contribution in [3.05, 3.63) is 24.5 Å². The molecule has 84 valence electrons. The van der Waals surface area contributed by atoms with Gasteiger partial charge in [0.25, 0.3) is 0 Å². The van der Waals surface area contributed by atoms with Crippen molar-refractivity contribution in [1.82, 2.24) is 4.68 Å². The van der Waals surface area contributed by atoms with E-state index in [0.717, 1.165) is 0 Å². The van der Waals surface area contributed by atoms with Crippen LogP contribution in [0.3, 0.4) is 0 Å². The minimum Gasteiger partial charge on any atom is -0.481 e. The van der Waals surface area contributed by atoms with Gasteiger partial charge in [-0.15, -0.1) is 0 Å². The summed E-state index contributed by atoms with van der Waals surface area (Å²) in [7, 11) is 0. The van der Waals surface area contributed by atoms with Crippen LogP contribution in [0.25, 0.3) is 0 Å². The molecule has 1 unspecified atom stereocenters. The molecule has 0 amide bonds. The Bertz CT molecular complexity index is 321. The Morgan fingerprint density at radius 2 is 1.93 bits per heavy atom. The molecule has 1 atom stereocenters. The van der Waals surface area contributed by atoms with Gasteiger partial charge in [0.15, 0.2) is 5.92 Å². The summed E-state index contributed by atoms with van der Waals surface area (Å²) in [5, 5.41) is 8.37. The molecule has 0 saturated heterocycles. The molecule has 4 nitrogen and oxygen atoms in total. The fourth-order valence-corrected chi connectivity index (χ4v) is 0.980. The highest BCUT2D eigenvalue weighted by molar-refractivity contribution is 5.71. The van der Waals surface area contributed by atoms with E-state index in [9.17, 15) is 18.0 Å². The predicted molar refractivity (Wildman–Crippen MR) is 45.8 cm³/mol. The number of hydrogen-bond donors (Lipinski definition) is 2. The summed E-state index contributed by atoms with van der Waals surface area (Å²) in [5.74, 6) is -4.29. The highest BCUT2D eigenvalue weighted by Crippen LogP contribution is 2.25. The summed E-state index contributed by atoms with van der Waals surface area (Å²) in [6.07, 6.45) is -1.78. The Labute approximate surface area is 83.3 Å². The summed E-state index contributed by atoms with van der Waals surface area (Å²) in [6.45, 7) is -0.701. The van der Waals surface area contributed by atoms with Crippen molar-refractivity contribution >= 4 is 5.97 Å². The lowest BCUT2D eigenvalue weighted by Crippen LogP contribution is -2.38. The van der Waals surface area contributed by atoms with Crippen molar-refractivity contribution in [2.24, 2.45) is 5.92 Å². The van der Waals surface area contributed by atoms with E-state index in [1.54, 1.807) is 12.1 Å². The number of nitrogens with zero attached hydrogens (tertiary/aromatic N) is 1. The Morgan fingerprint density at radius 1 is 1.40 bits per heavy atom. The topological polar surface area (TPSA) is 54.3 Å². The van der Waals surface area contributed by atoms with Crippen molar-refractivity contribution in [3.63, 3.8) is 0 Å². The van der Waals surface area contributed by atoms with E-state index in [-0.39, 0.29) is 0 Å². The number of nitrogens with one attached hydrogen (secondary N) is 1. The van der Waals surface area contributed by atoms with Gasteiger partial charge in [0.05, 0.1) is 6.54 Å². The number of halogens is 3. The quantitative estimate of drug-likeness (QED) is 0.807. The second kappa shape index (κ2) is 4.24. The molecule has 0 aromatic carbocycles. The molecule has 7 heteroatoms. The van der Waals surface area contributed by atoms with Gasteiger partial charge < -0.3 is 10.5 Å². The maximum Gasteiger partial charge on any atom is 0.403 e. The standard InChI is InChI=1S/C8H9F3N2O2/c9-8(10,11)6(7(14)15)5-12-13-3-1-2-4-13/h1-4,6,12H,5H2,(H,14,15). The van der Waals surface area contributed by atoms with Crippen LogP contribution in [-0.4, -0.2) is 28.5 Å². The average Bonchev–Trinajstić information content (AvgIpc) is 2.53. The highest BCUT2D eigenvalue weighted by atomic mass is 19.4. The molecule has 0 spiro atoms. The lowest BCUT2D eigenvalue weighted by Gasteiger charge is -2.17. The third-order valence-electron chi connectivity index (χ3n) is 1.78. The molecular weight excluding hydrogens is 213 g/mol. The van der Waals surface area contributed by atoms with Crippen LogP contribution in [0.2, 0.25) is 0 Å². The smallest absolute Gasteiger partial charge is 0.403 e. The Morgan fingerprint density at radius 3 is 2.33 bits per heavy atom. The van der Waals surface area contributed by atoms with Gasteiger partial charge in [-0.3, -0.25) is 9.47 Å². The van der Waals surface area contributed by atoms with Crippen LogP contribution < -0.4 is 5.43 Å². The first-order valence-corrected chi connectivity index (χ1v) is 4.07. The molecule has 0 aliphatic heterocycles. The van der Waals surface area contributed by atoms with Gasteiger partial charge in [0.1, 0.15) is 0 Å². The zero-order valence-electron chi connectivity index (χ0n) is 7.53. The molecule has 1 aromatic heterocycles. The van der Waals surface area contributed by atoms with E-state index in [4.69, 9.17) is 5.11 Å². The molecule has 0 saturated carbocycles. The van der Waals surface area contributed by atoms with Gasteiger partial charge in [-0.05, 0) is 12.1 Å². The van der Waals surface area contributed by atoms with E-state index in [2.05, 4.69) is 5.43 Å². The molecule has 0 radical (unpaired) electrons. The minimum absolute atomic E-state index is 0.701. The molecule has 0 aliphatic rings. The van der Waals surface area contributed by atoms with Gasteiger partial charge in [-0.1, -0.05) is 0 Å². The van der Waals surface area contributed by atoms with Crippen molar-refractivity contribution in [3.8, 4) is 0 Å². The fraction of sp³-hybridized carbons (Fsp3) is 0.375. The molecular formula is C8H9F3N2O2. The Hall–Kier alpha value is -1.66. The van der Waals surface area contributed by atoms with Crippen LogP contribution in [0, 0.1) is 5.92 Å². The minimum atomic E-state index is -4.74. The number of carboxylic acids is 1. The normalized spacial score (nSPS) is 13.5. The molecule has 1 aromatic rings. The van der Waals surface area contributed by atoms with Crippen molar-refractivity contribution in [2.75, 3.05) is 12.0 Å². The predicted octanol–water partition coefficient (Wildman–Crippen LogP) is 1.29. The third kappa shape index (κ3) is 3.19. The summed E-state index contributed by atoms with van der Waals surface area (Å²) in [5.41, 5.74) is 2.33. The fourth-order valence-electron chi connectivity index (χ4n) is 0.980. The van der Waals surface area contributed by atoms with Crippen molar-refractivity contribution < 1.29 is 23.1 Å². The van der Waals surface area contributed by atoms with Crippen LogP contribution in [-0.2, 0) is 4.79 Å². The zero-order chi connectivity index (χ0) is 11.5. The maximum absolute atomic E-state index is 12.2. The maximum atomic E-state index is 12.2. The van der Waals surface area contributed by atoms with Gasteiger partial charge in [-0.25, -0.2) is 0 Å². The number of carboxylic acid groups (broad SMARTS) is 1. The lowest BCUT2D eigenvalue weighted by atomic mass is 10.1. The number of aliphatic carboxylic acids is 1. The van der Waals surface area contributed by atoms with Crippen molar-refractivity contribution in [1.29, 1.82) is 0 Å². The Balaban J connectivity index is 2.57. The van der Waals surface area contributed by atoms with E-state index >= 15 is 0 Å². The number of aromatic nitrogens is 1. The van der Waals surface area contributed by atoms with E-state index in [0.29, 0.717) is 0 Å². The first-order chi connectivity index (χ1) is 6.91. The van der Waals surface area contributed by atoms with Crippen LogP contribution in [0.1, 0.15) is 0 Å². The van der Waals surface area contributed by atoms with Crippen LogP contribution in [0.15, 0.2) is 24.5 Å². The number of alkyl halides is 3. The first-order valence-electron chi connectivity index (χ1n) is 4.07. The van der Waals surface area contributed by atoms with Gasteiger partial charge in [-0.2, -0.15) is 13.2 Å². The van der Waals surface area contributed by atoms with Crippen LogP contribution in [0.4, 0.5) is 13.2 Å².